The smallest absolute Gasteiger partial charge is 0.220 e. The molecule has 0 amide bonds. The lowest BCUT2D eigenvalue weighted by Crippen LogP contribution is -2.53. The molecule has 1 saturated carbocycles. The molecular formula is C27H25N3O2. The van der Waals surface area contributed by atoms with Gasteiger partial charge in [0, 0.05) is 22.5 Å². The molecule has 0 radical (unpaired) electrons. The van der Waals surface area contributed by atoms with Gasteiger partial charge in [0.15, 0.2) is 11.6 Å². The fraction of sp³-hybridized carbons (Fsp3) is 0.333. The lowest BCUT2D eigenvalue weighted by Gasteiger charge is -2.51. The second-order valence-electron chi connectivity index (χ2n) is 8.81. The van der Waals surface area contributed by atoms with Crippen molar-refractivity contribution in [3.63, 3.8) is 0 Å². The molecule has 1 aromatic heterocycles. The van der Waals surface area contributed by atoms with E-state index in [9.17, 15) is 10.1 Å². The molecule has 32 heavy (non-hydrogen) atoms. The standard InChI is InChI=1S/C27H25N3O2/c1-17-22-14-13-21-24(29-25(30-26(21)32-2)18-9-5-3-6-10-18)27(22,15-19(16-28)23(17)31)20-11-7-4-8-12-20/h3-12,17,19,22H,13-15H2,1-2H3. The number of Topliss-reactive ketones (excluding diaryl/α,β-unsaturated/α-hetero) is 1. The van der Waals surface area contributed by atoms with Gasteiger partial charge in [0.25, 0.3) is 0 Å². The van der Waals surface area contributed by atoms with Crippen LogP contribution in [0.2, 0.25) is 0 Å². The SMILES string of the molecule is COc1nc(-c2ccccc2)nc2c1CCC1C(C)C(=O)C(C#N)CC21c1ccccc1. The van der Waals surface area contributed by atoms with Gasteiger partial charge in [0.1, 0.15) is 5.92 Å². The van der Waals surface area contributed by atoms with E-state index in [2.05, 4.69) is 18.2 Å². The van der Waals surface area contributed by atoms with Crippen LogP contribution in [0, 0.1) is 29.1 Å². The van der Waals surface area contributed by atoms with Crippen LogP contribution in [-0.2, 0) is 16.6 Å². The number of hydrogen-bond donors (Lipinski definition) is 0. The first kappa shape index (κ1) is 20.4. The molecule has 0 bridgehead atoms. The number of ketones is 1. The summed E-state index contributed by atoms with van der Waals surface area (Å²) in [6.07, 6.45) is 2.02. The first-order valence-corrected chi connectivity index (χ1v) is 11.1. The molecule has 5 nitrogen and oxygen atoms in total. The number of hydrogen-bond acceptors (Lipinski definition) is 5. The maximum atomic E-state index is 13.0. The Labute approximate surface area is 188 Å². The Morgan fingerprint density at radius 1 is 1.06 bits per heavy atom. The molecule has 0 N–H and O–H groups in total. The summed E-state index contributed by atoms with van der Waals surface area (Å²) < 4.78 is 5.75. The Morgan fingerprint density at radius 2 is 1.75 bits per heavy atom. The third kappa shape index (κ3) is 2.94. The predicted octanol–water partition coefficient (Wildman–Crippen LogP) is 4.75. The molecule has 1 heterocycles. The monoisotopic (exact) mass is 423 g/mol. The molecule has 160 valence electrons. The van der Waals surface area contributed by atoms with Crippen molar-refractivity contribution in [1.82, 2.24) is 9.97 Å². The largest absolute Gasteiger partial charge is 0.481 e. The summed E-state index contributed by atoms with van der Waals surface area (Å²) in [5.41, 5.74) is 3.37. The second kappa shape index (κ2) is 7.87. The molecule has 4 unspecified atom stereocenters. The first-order valence-electron chi connectivity index (χ1n) is 11.1. The Morgan fingerprint density at radius 3 is 2.41 bits per heavy atom. The Bertz CT molecular complexity index is 1200. The number of ether oxygens (including phenoxy) is 1. The van der Waals surface area contributed by atoms with Gasteiger partial charge in [-0.15, -0.1) is 0 Å². The summed E-state index contributed by atoms with van der Waals surface area (Å²) in [5.74, 6) is 0.432. The average molecular weight is 424 g/mol. The highest BCUT2D eigenvalue weighted by Gasteiger charge is 2.56. The van der Waals surface area contributed by atoms with Crippen LogP contribution in [0.3, 0.4) is 0 Å². The third-order valence-corrected chi connectivity index (χ3v) is 7.32. The van der Waals surface area contributed by atoms with E-state index in [1.165, 1.54) is 0 Å². The van der Waals surface area contributed by atoms with E-state index in [1.807, 2.05) is 55.5 Å². The minimum absolute atomic E-state index is 0.0526. The van der Waals surface area contributed by atoms with Gasteiger partial charge in [-0.3, -0.25) is 4.79 Å². The topological polar surface area (TPSA) is 75.9 Å². The third-order valence-electron chi connectivity index (χ3n) is 7.32. The fourth-order valence-electron chi connectivity index (χ4n) is 5.84. The van der Waals surface area contributed by atoms with Crippen LogP contribution in [0.1, 0.15) is 36.6 Å². The van der Waals surface area contributed by atoms with Crippen molar-refractivity contribution in [3.8, 4) is 23.3 Å². The second-order valence-corrected chi connectivity index (χ2v) is 8.81. The van der Waals surface area contributed by atoms with E-state index in [-0.39, 0.29) is 17.6 Å². The minimum atomic E-state index is -0.659. The first-order chi connectivity index (χ1) is 15.6. The van der Waals surface area contributed by atoms with Crippen LogP contribution in [-0.4, -0.2) is 22.9 Å². The zero-order valence-electron chi connectivity index (χ0n) is 18.3. The van der Waals surface area contributed by atoms with Crippen LogP contribution in [0.25, 0.3) is 11.4 Å². The lowest BCUT2D eigenvalue weighted by atomic mass is 9.51. The van der Waals surface area contributed by atoms with E-state index in [1.54, 1.807) is 7.11 Å². The zero-order valence-corrected chi connectivity index (χ0v) is 18.3. The van der Waals surface area contributed by atoms with Crippen molar-refractivity contribution < 1.29 is 9.53 Å². The van der Waals surface area contributed by atoms with E-state index < -0.39 is 11.3 Å². The number of carbonyl (C=O) groups excluding carboxylic acids is 1. The van der Waals surface area contributed by atoms with Crippen LogP contribution in [0.15, 0.2) is 60.7 Å². The summed E-state index contributed by atoms with van der Waals surface area (Å²) in [6.45, 7) is 1.98. The predicted molar refractivity (Wildman–Crippen MR) is 121 cm³/mol. The van der Waals surface area contributed by atoms with Gasteiger partial charge in [-0.05, 0) is 30.7 Å². The van der Waals surface area contributed by atoms with E-state index in [4.69, 9.17) is 14.7 Å². The molecule has 1 fully saturated rings. The van der Waals surface area contributed by atoms with Gasteiger partial charge in [-0.2, -0.15) is 10.2 Å². The number of methoxy groups -OCH3 is 1. The zero-order chi connectivity index (χ0) is 22.3. The lowest BCUT2D eigenvalue weighted by molar-refractivity contribution is -0.131. The molecule has 4 atom stereocenters. The molecule has 2 aromatic carbocycles. The minimum Gasteiger partial charge on any atom is -0.481 e. The van der Waals surface area contributed by atoms with Crippen molar-refractivity contribution in [2.24, 2.45) is 17.8 Å². The molecule has 0 saturated heterocycles. The van der Waals surface area contributed by atoms with Gasteiger partial charge in [0.05, 0.1) is 18.9 Å². The fourth-order valence-corrected chi connectivity index (χ4v) is 5.84. The van der Waals surface area contributed by atoms with Gasteiger partial charge >= 0.3 is 0 Å². The molecule has 2 aliphatic rings. The molecule has 3 aromatic rings. The number of aromatic nitrogens is 2. The van der Waals surface area contributed by atoms with Crippen molar-refractivity contribution >= 4 is 5.78 Å². The summed E-state index contributed by atoms with van der Waals surface area (Å²) in [7, 11) is 1.64. The number of nitriles is 1. The average Bonchev–Trinajstić information content (AvgIpc) is 2.86. The molecule has 2 aliphatic carbocycles. The summed E-state index contributed by atoms with van der Waals surface area (Å²) in [6, 6.07) is 22.4. The summed E-state index contributed by atoms with van der Waals surface area (Å²) >= 11 is 0. The maximum Gasteiger partial charge on any atom is 0.220 e. The highest BCUT2D eigenvalue weighted by atomic mass is 16.5. The van der Waals surface area contributed by atoms with Gasteiger partial charge in [-0.1, -0.05) is 67.6 Å². The highest BCUT2D eigenvalue weighted by Crippen LogP contribution is 2.56. The number of nitrogens with zero attached hydrogens (tertiary/aromatic N) is 3. The molecule has 5 rings (SSSR count). The molecule has 0 spiro atoms. The Kier molecular flexibility index (Phi) is 5.01. The van der Waals surface area contributed by atoms with Gasteiger partial charge < -0.3 is 4.74 Å². The maximum absolute atomic E-state index is 13.0. The van der Waals surface area contributed by atoms with Crippen LogP contribution in [0.5, 0.6) is 5.88 Å². The Balaban J connectivity index is 1.83. The van der Waals surface area contributed by atoms with Gasteiger partial charge in [0.2, 0.25) is 5.88 Å². The van der Waals surface area contributed by atoms with Crippen molar-refractivity contribution in [1.29, 1.82) is 5.26 Å². The quantitative estimate of drug-likeness (QED) is 0.608. The number of carbonyl (C=O) groups is 1. The van der Waals surface area contributed by atoms with Crippen molar-refractivity contribution in [2.45, 2.75) is 31.6 Å². The number of rotatable bonds is 3. The van der Waals surface area contributed by atoms with E-state index >= 15 is 0 Å². The van der Waals surface area contributed by atoms with Crippen LogP contribution in [0.4, 0.5) is 0 Å². The highest BCUT2D eigenvalue weighted by molar-refractivity contribution is 5.87. The van der Waals surface area contributed by atoms with E-state index in [0.717, 1.165) is 35.2 Å². The normalized spacial score (nSPS) is 26.5. The van der Waals surface area contributed by atoms with Crippen LogP contribution >= 0.6 is 0 Å². The molecular weight excluding hydrogens is 398 g/mol. The van der Waals surface area contributed by atoms with E-state index in [0.29, 0.717) is 18.1 Å². The summed E-state index contributed by atoms with van der Waals surface area (Å²) in [4.78, 5) is 22.9. The van der Waals surface area contributed by atoms with Crippen molar-refractivity contribution in [2.75, 3.05) is 7.11 Å². The van der Waals surface area contributed by atoms with Gasteiger partial charge in [-0.25, -0.2) is 4.98 Å². The number of benzene rings is 2. The summed E-state index contributed by atoms with van der Waals surface area (Å²) in [5, 5.41) is 9.88. The van der Waals surface area contributed by atoms with Crippen molar-refractivity contribution in [3.05, 3.63) is 77.5 Å². The molecule has 0 aliphatic heterocycles. The van der Waals surface area contributed by atoms with Crippen LogP contribution < -0.4 is 4.74 Å². The number of fused-ring (bicyclic) bond motifs is 3. The molecule has 5 heteroatoms. The Hall–Kier alpha value is -3.52.